The summed E-state index contributed by atoms with van der Waals surface area (Å²) in [6.07, 6.45) is -6.74. The molecule has 0 unspecified atom stereocenters. The predicted octanol–water partition coefficient (Wildman–Crippen LogP) is 5.52. The molecule has 0 saturated heterocycles. The molecule has 3 rings (SSSR count). The molecule has 0 fully saturated rings. The van der Waals surface area contributed by atoms with Crippen molar-refractivity contribution in [2.24, 2.45) is 7.05 Å². The molecule has 0 aliphatic rings. The van der Waals surface area contributed by atoms with Crippen molar-refractivity contribution in [1.29, 1.82) is 0 Å². The van der Waals surface area contributed by atoms with Crippen LogP contribution in [0.2, 0.25) is 0 Å². The average molecular weight is 606 g/mol. The first-order chi connectivity index (χ1) is 19.8. The summed E-state index contributed by atoms with van der Waals surface area (Å²) >= 11 is 0. The van der Waals surface area contributed by atoms with Crippen molar-refractivity contribution >= 4 is 23.2 Å². The number of ether oxygens (including phenoxy) is 3. The van der Waals surface area contributed by atoms with Crippen molar-refractivity contribution in [3.05, 3.63) is 47.8 Å². The number of aliphatic hydroxyl groups is 2. The lowest BCUT2D eigenvalue weighted by Crippen LogP contribution is -2.43. The third-order valence-corrected chi connectivity index (χ3v) is 5.56. The molecule has 0 aliphatic carbocycles. The van der Waals surface area contributed by atoms with Crippen LogP contribution in [0.25, 0.3) is 22.2 Å². The number of aryl methyl sites for hydroxylation is 1. The van der Waals surface area contributed by atoms with E-state index in [1.807, 2.05) is 0 Å². The smallest absolute Gasteiger partial charge is 0.443 e. The summed E-state index contributed by atoms with van der Waals surface area (Å²) in [7, 11) is 1.68. The van der Waals surface area contributed by atoms with Crippen molar-refractivity contribution in [3.63, 3.8) is 0 Å². The van der Waals surface area contributed by atoms with Crippen LogP contribution in [-0.2, 0) is 23.1 Å². The monoisotopic (exact) mass is 605 g/mol. The zero-order chi connectivity index (χ0) is 32.3. The van der Waals surface area contributed by atoms with Crippen LogP contribution in [-0.4, -0.2) is 67.1 Å². The Balaban J connectivity index is 2.26. The molecule has 0 aliphatic heterocycles. The number of alkyl halides is 3. The molecule has 3 aromatic rings. The van der Waals surface area contributed by atoms with Gasteiger partial charge in [0, 0.05) is 12.6 Å². The molecule has 1 aromatic heterocycles. The minimum absolute atomic E-state index is 0.278. The third-order valence-electron chi connectivity index (χ3n) is 5.56. The molecule has 2 aromatic carbocycles. The Bertz CT molecular complexity index is 1510. The topological polar surface area (TPSA) is 123 Å². The zero-order valence-electron chi connectivity index (χ0n) is 24.9. The van der Waals surface area contributed by atoms with E-state index in [1.54, 1.807) is 59.2 Å². The van der Waals surface area contributed by atoms with Gasteiger partial charge in [0.2, 0.25) is 0 Å². The zero-order valence-corrected chi connectivity index (χ0v) is 24.9. The Labute approximate surface area is 247 Å². The Kier molecular flexibility index (Phi) is 9.68. The molecule has 10 nitrogen and oxygen atoms in total. The Morgan fingerprint density at radius 3 is 2.07 bits per heavy atom. The number of aromatic nitrogens is 2. The van der Waals surface area contributed by atoms with Crippen molar-refractivity contribution in [2.75, 3.05) is 6.61 Å². The number of hydrogen-bond acceptors (Lipinski definition) is 8. The number of halogens is 3. The van der Waals surface area contributed by atoms with E-state index in [0.717, 1.165) is 17.0 Å². The standard InChI is InChI=1S/C30H34F3N3O7/c1-28(2,3)42-26(39)36(27(40)43-29(4,5)6)15-19-14-23(18-8-11-21(12-9-18)41-30(31,32)33)24-25(35(7)17-34-24)22(19)13-10-20(38)16-37/h8-9,11-12,14,17,20,37-38H,15-16H2,1-7H3/t20-/m0/s1. The van der Waals surface area contributed by atoms with Gasteiger partial charge >= 0.3 is 18.5 Å². The van der Waals surface area contributed by atoms with Gasteiger partial charge in [-0.2, -0.15) is 0 Å². The fourth-order valence-corrected chi connectivity index (χ4v) is 3.92. The van der Waals surface area contributed by atoms with Crippen LogP contribution in [0.3, 0.4) is 0 Å². The highest BCUT2D eigenvalue weighted by atomic mass is 19.4. The molecule has 232 valence electrons. The highest BCUT2D eigenvalue weighted by molar-refractivity contribution is 5.97. The minimum Gasteiger partial charge on any atom is -0.443 e. The number of nitrogens with zero attached hydrogens (tertiary/aromatic N) is 3. The first kappa shape index (κ1) is 33.2. The molecule has 1 atom stereocenters. The molecule has 2 amide bonds. The van der Waals surface area contributed by atoms with Gasteiger partial charge in [-0.15, -0.1) is 13.2 Å². The normalized spacial score (nSPS) is 12.7. The molecule has 0 radical (unpaired) electrons. The third kappa shape index (κ3) is 9.10. The highest BCUT2D eigenvalue weighted by Crippen LogP contribution is 2.35. The summed E-state index contributed by atoms with van der Waals surface area (Å²) in [5.74, 6) is 4.94. The summed E-state index contributed by atoms with van der Waals surface area (Å²) in [4.78, 5) is 31.8. The lowest BCUT2D eigenvalue weighted by Gasteiger charge is -2.29. The second kappa shape index (κ2) is 12.5. The maximum atomic E-state index is 13.3. The van der Waals surface area contributed by atoms with Gasteiger partial charge in [0.05, 0.1) is 36.1 Å². The number of carbonyl (C=O) groups excluding carboxylic acids is 2. The summed E-state index contributed by atoms with van der Waals surface area (Å²) < 4.78 is 54.7. The average Bonchev–Trinajstić information content (AvgIpc) is 3.24. The van der Waals surface area contributed by atoms with Crippen LogP contribution in [0.5, 0.6) is 5.75 Å². The van der Waals surface area contributed by atoms with Crippen LogP contribution in [0.4, 0.5) is 22.8 Å². The predicted molar refractivity (Wildman–Crippen MR) is 151 cm³/mol. The highest BCUT2D eigenvalue weighted by Gasteiger charge is 2.33. The quantitative estimate of drug-likeness (QED) is 0.365. The van der Waals surface area contributed by atoms with E-state index in [0.29, 0.717) is 27.7 Å². The number of fused-ring (bicyclic) bond motifs is 1. The lowest BCUT2D eigenvalue weighted by atomic mass is 9.96. The number of hydrogen-bond donors (Lipinski definition) is 2. The molecule has 13 heteroatoms. The van der Waals surface area contributed by atoms with Gasteiger partial charge < -0.3 is 29.0 Å². The van der Waals surface area contributed by atoms with Gasteiger partial charge in [0.15, 0.2) is 0 Å². The van der Waals surface area contributed by atoms with Crippen molar-refractivity contribution < 1.29 is 47.2 Å². The maximum absolute atomic E-state index is 13.3. The fraction of sp³-hybridized carbons (Fsp3) is 0.433. The van der Waals surface area contributed by atoms with E-state index < -0.39 is 54.8 Å². The Morgan fingerprint density at radius 2 is 1.58 bits per heavy atom. The lowest BCUT2D eigenvalue weighted by molar-refractivity contribution is -0.274. The number of carbonyl (C=O) groups is 2. The Morgan fingerprint density at radius 1 is 1.02 bits per heavy atom. The van der Waals surface area contributed by atoms with Crippen molar-refractivity contribution in [1.82, 2.24) is 14.5 Å². The molecule has 43 heavy (non-hydrogen) atoms. The molecule has 1 heterocycles. The van der Waals surface area contributed by atoms with Crippen LogP contribution in [0, 0.1) is 11.8 Å². The van der Waals surface area contributed by atoms with E-state index in [-0.39, 0.29) is 5.56 Å². The molecular weight excluding hydrogens is 571 g/mol. The van der Waals surface area contributed by atoms with E-state index in [4.69, 9.17) is 9.47 Å². The second-order valence-electron chi connectivity index (χ2n) is 11.6. The van der Waals surface area contributed by atoms with E-state index in [2.05, 4.69) is 21.6 Å². The number of rotatable bonds is 5. The van der Waals surface area contributed by atoms with Crippen LogP contribution in [0.1, 0.15) is 52.7 Å². The second-order valence-corrected chi connectivity index (χ2v) is 11.6. The van der Waals surface area contributed by atoms with Crippen LogP contribution >= 0.6 is 0 Å². The largest absolute Gasteiger partial charge is 0.573 e. The molecule has 2 N–H and O–H groups in total. The number of imidazole rings is 1. The van der Waals surface area contributed by atoms with Crippen molar-refractivity contribution in [3.8, 4) is 28.7 Å². The van der Waals surface area contributed by atoms with Gasteiger partial charge in [0.25, 0.3) is 0 Å². The molecule has 0 spiro atoms. The number of imide groups is 1. The SMILES string of the molecule is Cn1cnc2c(-c3ccc(OC(F)(F)F)cc3)cc(CN(C(=O)OC(C)(C)C)C(=O)OC(C)(C)C)c(C#C[C@H](O)CO)c21. The maximum Gasteiger partial charge on any atom is 0.573 e. The number of benzene rings is 2. The summed E-state index contributed by atoms with van der Waals surface area (Å²) in [5, 5.41) is 19.3. The van der Waals surface area contributed by atoms with Gasteiger partial charge in [-0.05, 0) is 70.9 Å². The van der Waals surface area contributed by atoms with Gasteiger partial charge in [-0.25, -0.2) is 19.5 Å². The number of aliphatic hydroxyl groups excluding tert-OH is 2. The van der Waals surface area contributed by atoms with Gasteiger partial charge in [0.1, 0.15) is 23.1 Å². The molecular formula is C30H34F3N3O7. The van der Waals surface area contributed by atoms with Crippen LogP contribution in [0.15, 0.2) is 36.7 Å². The fourth-order valence-electron chi connectivity index (χ4n) is 3.92. The summed E-state index contributed by atoms with van der Waals surface area (Å²) in [6, 6.07) is 6.71. The van der Waals surface area contributed by atoms with Crippen LogP contribution < -0.4 is 4.74 Å². The van der Waals surface area contributed by atoms with E-state index >= 15 is 0 Å². The number of amides is 2. The van der Waals surface area contributed by atoms with E-state index in [9.17, 15) is 33.0 Å². The summed E-state index contributed by atoms with van der Waals surface area (Å²) in [5.41, 5.74) is 0.414. The van der Waals surface area contributed by atoms with Gasteiger partial charge in [-0.1, -0.05) is 24.0 Å². The molecule has 0 saturated carbocycles. The molecule has 0 bridgehead atoms. The van der Waals surface area contributed by atoms with E-state index in [1.165, 1.54) is 18.5 Å². The van der Waals surface area contributed by atoms with Crippen molar-refractivity contribution in [2.45, 2.75) is 71.8 Å². The Hall–Kier alpha value is -4.28. The minimum atomic E-state index is -4.87. The first-order valence-electron chi connectivity index (χ1n) is 13.1. The summed E-state index contributed by atoms with van der Waals surface area (Å²) in [6.45, 7) is 8.79. The van der Waals surface area contributed by atoms with Gasteiger partial charge in [-0.3, -0.25) is 0 Å². The first-order valence-corrected chi connectivity index (χ1v) is 13.1.